The van der Waals surface area contributed by atoms with Gasteiger partial charge in [-0.1, -0.05) is 25.6 Å². The molecule has 0 radical (unpaired) electrons. The molecule has 1 unspecified atom stereocenters. The van der Waals surface area contributed by atoms with Gasteiger partial charge in [-0.2, -0.15) is 0 Å². The fraction of sp³-hybridized carbons (Fsp3) is 0.375. The summed E-state index contributed by atoms with van der Waals surface area (Å²) >= 11 is 3.15. The number of amides is 1. The molecule has 0 saturated carbocycles. The summed E-state index contributed by atoms with van der Waals surface area (Å²) in [5, 5.41) is 13.7. The van der Waals surface area contributed by atoms with Crippen LogP contribution in [-0.2, 0) is 24.1 Å². The Morgan fingerprint density at radius 2 is 2.03 bits per heavy atom. The van der Waals surface area contributed by atoms with Crippen molar-refractivity contribution in [2.45, 2.75) is 51.6 Å². The molecule has 1 amide bonds. The summed E-state index contributed by atoms with van der Waals surface area (Å²) in [5.74, 6) is 1.68. The summed E-state index contributed by atoms with van der Waals surface area (Å²) < 4.78 is 2.02. The molecule has 1 N–H and O–H groups in total. The molecule has 9 heteroatoms. The zero-order valence-corrected chi connectivity index (χ0v) is 20.5. The largest absolute Gasteiger partial charge is 0.325 e. The smallest absolute Gasteiger partial charge is 0.234 e. The van der Waals surface area contributed by atoms with Gasteiger partial charge in [0, 0.05) is 22.5 Å². The van der Waals surface area contributed by atoms with Crippen LogP contribution in [0.1, 0.15) is 53.8 Å². The molecule has 0 fully saturated rings. The number of carbonyl (C=O) groups excluding carboxylic acids is 2. The standard InChI is InChI=1S/C24H25N5O2S2/c1-4-19-26-23-21(17-10-5-13(2)11-18(17)33-23)22-27-28-24(29(19)22)32-12-20(31)25-16-8-6-15(7-9-16)14(3)30/h6-9,13H,4-5,10-12H2,1-3H3,(H,25,31). The quantitative estimate of drug-likeness (QED) is 0.311. The van der Waals surface area contributed by atoms with E-state index in [1.165, 1.54) is 35.5 Å². The van der Waals surface area contributed by atoms with Gasteiger partial charge in [0.15, 0.2) is 16.6 Å². The Hall–Kier alpha value is -2.78. The molecule has 1 aromatic carbocycles. The molecule has 0 saturated heterocycles. The second-order valence-electron chi connectivity index (χ2n) is 8.53. The maximum Gasteiger partial charge on any atom is 0.234 e. The average molecular weight is 480 g/mol. The van der Waals surface area contributed by atoms with Crippen LogP contribution in [0.5, 0.6) is 0 Å². The molecule has 3 heterocycles. The van der Waals surface area contributed by atoms with Gasteiger partial charge in [0.2, 0.25) is 5.91 Å². The highest BCUT2D eigenvalue weighted by molar-refractivity contribution is 7.99. The summed E-state index contributed by atoms with van der Waals surface area (Å²) in [7, 11) is 0. The van der Waals surface area contributed by atoms with Crippen molar-refractivity contribution < 1.29 is 9.59 Å². The third kappa shape index (κ3) is 4.15. The van der Waals surface area contributed by atoms with Gasteiger partial charge in [0.05, 0.1) is 11.1 Å². The Labute approximate surface area is 200 Å². The fourth-order valence-electron chi connectivity index (χ4n) is 4.32. The zero-order chi connectivity index (χ0) is 23.1. The number of thioether (sulfide) groups is 1. The number of hydrogen-bond donors (Lipinski definition) is 1. The number of aromatic nitrogens is 4. The van der Waals surface area contributed by atoms with Crippen LogP contribution in [0.15, 0.2) is 29.4 Å². The van der Waals surface area contributed by atoms with Gasteiger partial charge >= 0.3 is 0 Å². The van der Waals surface area contributed by atoms with E-state index in [2.05, 4.69) is 29.4 Å². The van der Waals surface area contributed by atoms with E-state index in [-0.39, 0.29) is 17.4 Å². The normalized spacial score (nSPS) is 15.7. The first-order valence-corrected chi connectivity index (χ1v) is 13.0. The van der Waals surface area contributed by atoms with Crippen molar-refractivity contribution >= 4 is 56.3 Å². The SMILES string of the molecule is CCc1nc2sc3c(c2c2nnc(SCC(=O)Nc4ccc(C(C)=O)cc4)n12)CCC(C)C3. The number of hydrogen-bond acceptors (Lipinski definition) is 7. The number of anilines is 1. The van der Waals surface area contributed by atoms with Gasteiger partial charge in [0.25, 0.3) is 0 Å². The van der Waals surface area contributed by atoms with Gasteiger partial charge < -0.3 is 5.32 Å². The van der Waals surface area contributed by atoms with Crippen LogP contribution in [0.25, 0.3) is 15.9 Å². The lowest BCUT2D eigenvalue weighted by atomic mass is 9.89. The molecule has 1 atom stereocenters. The van der Waals surface area contributed by atoms with Crippen molar-refractivity contribution in [2.24, 2.45) is 5.92 Å². The molecule has 3 aromatic heterocycles. The number of Topliss-reactive ketones (excluding diaryl/α,β-unsaturated/α-hetero) is 1. The van der Waals surface area contributed by atoms with Gasteiger partial charge in [-0.15, -0.1) is 21.5 Å². The fourth-order valence-corrected chi connectivity index (χ4v) is 6.47. The Bertz CT molecular complexity index is 1370. The van der Waals surface area contributed by atoms with E-state index in [4.69, 9.17) is 4.98 Å². The number of ketones is 1. The summed E-state index contributed by atoms with van der Waals surface area (Å²) in [6.07, 6.45) is 4.10. The highest BCUT2D eigenvalue weighted by Crippen LogP contribution is 2.39. The van der Waals surface area contributed by atoms with Gasteiger partial charge in [-0.25, -0.2) is 4.98 Å². The predicted octanol–water partition coefficient (Wildman–Crippen LogP) is 4.96. The minimum atomic E-state index is -0.138. The van der Waals surface area contributed by atoms with Crippen LogP contribution in [-0.4, -0.2) is 37.0 Å². The lowest BCUT2D eigenvalue weighted by Gasteiger charge is -2.17. The van der Waals surface area contributed by atoms with E-state index < -0.39 is 0 Å². The zero-order valence-electron chi connectivity index (χ0n) is 18.8. The third-order valence-electron chi connectivity index (χ3n) is 6.06. The van der Waals surface area contributed by atoms with Crippen LogP contribution in [0.4, 0.5) is 5.69 Å². The number of carbonyl (C=O) groups is 2. The minimum absolute atomic E-state index is 0.00189. The van der Waals surface area contributed by atoms with Crippen molar-refractivity contribution in [1.82, 2.24) is 19.6 Å². The van der Waals surface area contributed by atoms with Crippen molar-refractivity contribution in [3.05, 3.63) is 46.1 Å². The highest BCUT2D eigenvalue weighted by atomic mass is 32.2. The first-order chi connectivity index (χ1) is 15.9. The molecule has 7 nitrogen and oxygen atoms in total. The number of rotatable bonds is 6. The second-order valence-corrected chi connectivity index (χ2v) is 10.6. The van der Waals surface area contributed by atoms with E-state index in [0.29, 0.717) is 22.3 Å². The second kappa shape index (κ2) is 8.87. The summed E-state index contributed by atoms with van der Waals surface area (Å²) in [4.78, 5) is 31.4. The minimum Gasteiger partial charge on any atom is -0.325 e. The van der Waals surface area contributed by atoms with Crippen molar-refractivity contribution in [3.63, 3.8) is 0 Å². The van der Waals surface area contributed by atoms with Crippen LogP contribution >= 0.6 is 23.1 Å². The number of fused-ring (bicyclic) bond motifs is 5. The van der Waals surface area contributed by atoms with Crippen molar-refractivity contribution in [2.75, 3.05) is 11.1 Å². The summed E-state index contributed by atoms with van der Waals surface area (Å²) in [6, 6.07) is 6.90. The van der Waals surface area contributed by atoms with Gasteiger partial charge in [-0.3, -0.25) is 14.0 Å². The van der Waals surface area contributed by atoms with Crippen LogP contribution < -0.4 is 5.32 Å². The Morgan fingerprint density at radius 3 is 2.76 bits per heavy atom. The van der Waals surface area contributed by atoms with Crippen LogP contribution in [0.2, 0.25) is 0 Å². The molecule has 1 aliphatic rings. The topological polar surface area (TPSA) is 89.2 Å². The summed E-state index contributed by atoms with van der Waals surface area (Å²) in [5.41, 5.74) is 3.51. The first kappa shape index (κ1) is 22.0. The average Bonchev–Trinajstić information content (AvgIpc) is 3.38. The molecule has 4 aromatic rings. The Balaban J connectivity index is 1.40. The first-order valence-electron chi connectivity index (χ1n) is 11.2. The molecule has 0 bridgehead atoms. The van der Waals surface area contributed by atoms with Crippen LogP contribution in [0.3, 0.4) is 0 Å². The van der Waals surface area contributed by atoms with Gasteiger partial charge in [-0.05, 0) is 61.9 Å². The van der Waals surface area contributed by atoms with Crippen molar-refractivity contribution in [1.29, 1.82) is 0 Å². The molecular weight excluding hydrogens is 454 g/mol. The maximum atomic E-state index is 12.5. The molecule has 33 heavy (non-hydrogen) atoms. The Morgan fingerprint density at radius 1 is 1.24 bits per heavy atom. The number of thiophene rings is 1. The van der Waals surface area contributed by atoms with E-state index in [1.807, 2.05) is 4.40 Å². The molecule has 1 aliphatic carbocycles. The summed E-state index contributed by atoms with van der Waals surface area (Å²) in [6.45, 7) is 5.91. The van der Waals surface area contributed by atoms with E-state index in [0.717, 1.165) is 41.0 Å². The molecule has 0 aliphatic heterocycles. The molecule has 5 rings (SSSR count). The molecule has 170 valence electrons. The number of benzene rings is 1. The molecule has 0 spiro atoms. The van der Waals surface area contributed by atoms with E-state index >= 15 is 0 Å². The lowest BCUT2D eigenvalue weighted by Crippen LogP contribution is -2.14. The molecular formula is C24H25N5O2S2. The number of nitrogens with zero attached hydrogens (tertiary/aromatic N) is 4. The van der Waals surface area contributed by atoms with Gasteiger partial charge in [0.1, 0.15) is 10.7 Å². The highest BCUT2D eigenvalue weighted by Gasteiger charge is 2.25. The Kier molecular flexibility index (Phi) is 5.92. The maximum absolute atomic E-state index is 12.5. The van der Waals surface area contributed by atoms with E-state index in [9.17, 15) is 9.59 Å². The third-order valence-corrected chi connectivity index (χ3v) is 8.14. The number of nitrogens with one attached hydrogen (secondary N) is 1. The monoisotopic (exact) mass is 479 g/mol. The van der Waals surface area contributed by atoms with Crippen molar-refractivity contribution in [3.8, 4) is 0 Å². The van der Waals surface area contributed by atoms with E-state index in [1.54, 1.807) is 35.6 Å². The van der Waals surface area contributed by atoms with Crippen LogP contribution in [0, 0.1) is 5.92 Å². The lowest BCUT2D eigenvalue weighted by molar-refractivity contribution is -0.113. The predicted molar refractivity (Wildman–Crippen MR) is 133 cm³/mol. The number of aryl methyl sites for hydroxylation is 2.